The number of rotatable bonds is 3. The number of nitrogens with zero attached hydrogens (tertiary/aromatic N) is 2. The normalized spacial score (nSPS) is 22.9. The van der Waals surface area contributed by atoms with Crippen molar-refractivity contribution in [2.45, 2.75) is 31.7 Å². The van der Waals surface area contributed by atoms with E-state index in [1.54, 1.807) is 0 Å². The molecule has 0 bridgehead atoms. The van der Waals surface area contributed by atoms with Crippen molar-refractivity contribution < 1.29 is 4.79 Å². The Labute approximate surface area is 127 Å². The maximum absolute atomic E-state index is 12.7. The molecule has 2 aliphatic rings. The van der Waals surface area contributed by atoms with Gasteiger partial charge >= 0.3 is 0 Å². The van der Waals surface area contributed by atoms with Crippen LogP contribution in [0.2, 0.25) is 0 Å². The molecule has 1 saturated heterocycles. The second-order valence-corrected chi connectivity index (χ2v) is 6.14. The Morgan fingerprint density at radius 2 is 2.14 bits per heavy atom. The molecule has 4 heteroatoms. The van der Waals surface area contributed by atoms with Gasteiger partial charge in [-0.15, -0.1) is 0 Å². The van der Waals surface area contributed by atoms with E-state index in [0.29, 0.717) is 12.6 Å². The molecule has 1 atom stereocenters. The third kappa shape index (κ3) is 3.27. The molecule has 1 amide bonds. The Balaban J connectivity index is 1.66. The molecule has 21 heavy (non-hydrogen) atoms. The van der Waals surface area contributed by atoms with Crippen LogP contribution in [-0.2, 0) is 11.2 Å². The highest BCUT2D eigenvalue weighted by molar-refractivity contribution is 5.95. The minimum Gasteiger partial charge on any atom is -0.316 e. The molecule has 1 aromatic rings. The van der Waals surface area contributed by atoms with Crippen molar-refractivity contribution in [1.82, 2.24) is 10.2 Å². The number of carbonyl (C=O) groups is 1. The van der Waals surface area contributed by atoms with Gasteiger partial charge in [0.1, 0.15) is 0 Å². The first kappa shape index (κ1) is 14.5. The minimum atomic E-state index is 0.249. The number of carbonyl (C=O) groups excluding carboxylic acids is 1. The highest BCUT2D eigenvalue weighted by Crippen LogP contribution is 2.26. The summed E-state index contributed by atoms with van der Waals surface area (Å²) in [5.74, 6) is 0.249. The maximum Gasteiger partial charge on any atom is 0.241 e. The number of likely N-dealkylation sites (N-methyl/N-ethyl adjacent to an activating group) is 1. The predicted molar refractivity (Wildman–Crippen MR) is 85.6 cm³/mol. The number of fused-ring (bicyclic) bond motifs is 1. The van der Waals surface area contributed by atoms with Crippen LogP contribution >= 0.6 is 0 Å². The van der Waals surface area contributed by atoms with Crippen molar-refractivity contribution >= 4 is 11.6 Å². The first-order valence-corrected chi connectivity index (χ1v) is 8.06. The van der Waals surface area contributed by atoms with Gasteiger partial charge in [0, 0.05) is 24.8 Å². The predicted octanol–water partition coefficient (Wildman–Crippen LogP) is 1.65. The zero-order chi connectivity index (χ0) is 14.7. The molecule has 4 nitrogen and oxygen atoms in total. The maximum atomic E-state index is 12.7. The SMILES string of the molecule is CNC1CCCN(CC(=O)N2CCCc3ccccc32)C1. The molecule has 1 aromatic carbocycles. The van der Waals surface area contributed by atoms with E-state index >= 15 is 0 Å². The summed E-state index contributed by atoms with van der Waals surface area (Å²) in [4.78, 5) is 17.0. The molecule has 0 aromatic heterocycles. The molecule has 3 rings (SSSR count). The lowest BCUT2D eigenvalue weighted by Gasteiger charge is -2.35. The smallest absolute Gasteiger partial charge is 0.241 e. The van der Waals surface area contributed by atoms with Crippen LogP contribution in [0.15, 0.2) is 24.3 Å². The van der Waals surface area contributed by atoms with E-state index in [1.807, 2.05) is 18.0 Å². The number of piperidine rings is 1. The molecule has 1 fully saturated rings. The average molecular weight is 287 g/mol. The Kier molecular flexibility index (Phi) is 4.56. The number of amides is 1. The van der Waals surface area contributed by atoms with Gasteiger partial charge in [-0.25, -0.2) is 0 Å². The largest absolute Gasteiger partial charge is 0.316 e. The van der Waals surface area contributed by atoms with Crippen LogP contribution in [0, 0.1) is 0 Å². The lowest BCUT2D eigenvalue weighted by Crippen LogP contribution is -2.49. The Bertz CT molecular complexity index is 503. The van der Waals surface area contributed by atoms with E-state index in [4.69, 9.17) is 0 Å². The molecule has 114 valence electrons. The highest BCUT2D eigenvalue weighted by Gasteiger charge is 2.26. The fraction of sp³-hybridized carbons (Fsp3) is 0.588. The van der Waals surface area contributed by atoms with Crippen molar-refractivity contribution in [2.24, 2.45) is 0 Å². The molecule has 1 unspecified atom stereocenters. The zero-order valence-electron chi connectivity index (χ0n) is 12.8. The van der Waals surface area contributed by atoms with E-state index in [1.165, 1.54) is 18.4 Å². The van der Waals surface area contributed by atoms with Crippen molar-refractivity contribution in [3.05, 3.63) is 29.8 Å². The summed E-state index contributed by atoms with van der Waals surface area (Å²) in [6, 6.07) is 8.85. The number of anilines is 1. The van der Waals surface area contributed by atoms with Crippen molar-refractivity contribution in [1.29, 1.82) is 0 Å². The third-order valence-electron chi connectivity index (χ3n) is 4.68. The molecule has 0 spiro atoms. The van der Waals surface area contributed by atoms with Crippen LogP contribution in [0.1, 0.15) is 24.8 Å². The van der Waals surface area contributed by atoms with Crippen LogP contribution in [0.25, 0.3) is 0 Å². The quantitative estimate of drug-likeness (QED) is 0.918. The van der Waals surface area contributed by atoms with Gasteiger partial charge in [0.2, 0.25) is 5.91 Å². The number of aryl methyl sites for hydroxylation is 1. The number of para-hydroxylation sites is 1. The first-order chi connectivity index (χ1) is 10.3. The topological polar surface area (TPSA) is 35.6 Å². The van der Waals surface area contributed by atoms with Gasteiger partial charge in [0.05, 0.1) is 6.54 Å². The zero-order valence-corrected chi connectivity index (χ0v) is 12.8. The summed E-state index contributed by atoms with van der Waals surface area (Å²) < 4.78 is 0. The lowest BCUT2D eigenvalue weighted by atomic mass is 10.0. The lowest BCUT2D eigenvalue weighted by molar-refractivity contribution is -0.120. The van der Waals surface area contributed by atoms with Gasteiger partial charge < -0.3 is 10.2 Å². The van der Waals surface area contributed by atoms with Gasteiger partial charge in [0.25, 0.3) is 0 Å². The van der Waals surface area contributed by atoms with E-state index in [0.717, 1.165) is 38.2 Å². The number of likely N-dealkylation sites (tertiary alicyclic amines) is 1. The summed E-state index contributed by atoms with van der Waals surface area (Å²) in [6.07, 6.45) is 4.55. The second kappa shape index (κ2) is 6.58. The van der Waals surface area contributed by atoms with Crippen LogP contribution in [0.3, 0.4) is 0 Å². The van der Waals surface area contributed by atoms with Crippen molar-refractivity contribution in [3.8, 4) is 0 Å². The highest BCUT2D eigenvalue weighted by atomic mass is 16.2. The summed E-state index contributed by atoms with van der Waals surface area (Å²) in [6.45, 7) is 3.43. The van der Waals surface area contributed by atoms with Crippen LogP contribution in [-0.4, -0.2) is 50.1 Å². The van der Waals surface area contributed by atoms with Gasteiger partial charge in [-0.1, -0.05) is 18.2 Å². The minimum absolute atomic E-state index is 0.249. The van der Waals surface area contributed by atoms with Gasteiger partial charge in [-0.05, 0) is 50.9 Å². The fourth-order valence-electron chi connectivity index (χ4n) is 3.50. The molecule has 2 aliphatic heterocycles. The summed E-state index contributed by atoms with van der Waals surface area (Å²) in [5.41, 5.74) is 2.43. The number of hydrogen-bond acceptors (Lipinski definition) is 3. The molecule has 1 N–H and O–H groups in total. The summed E-state index contributed by atoms with van der Waals surface area (Å²) in [5, 5.41) is 3.34. The van der Waals surface area contributed by atoms with E-state index < -0.39 is 0 Å². The molecule has 2 heterocycles. The van der Waals surface area contributed by atoms with E-state index in [2.05, 4.69) is 28.4 Å². The molecule has 0 radical (unpaired) electrons. The Hall–Kier alpha value is -1.39. The Morgan fingerprint density at radius 1 is 1.29 bits per heavy atom. The molecular weight excluding hydrogens is 262 g/mol. The van der Waals surface area contributed by atoms with Crippen LogP contribution in [0.5, 0.6) is 0 Å². The van der Waals surface area contributed by atoms with Crippen molar-refractivity contribution in [3.63, 3.8) is 0 Å². The average Bonchev–Trinajstić information content (AvgIpc) is 2.54. The summed E-state index contributed by atoms with van der Waals surface area (Å²) >= 11 is 0. The van der Waals surface area contributed by atoms with Crippen molar-refractivity contribution in [2.75, 3.05) is 38.1 Å². The van der Waals surface area contributed by atoms with E-state index in [-0.39, 0.29) is 5.91 Å². The molecule has 0 aliphatic carbocycles. The summed E-state index contributed by atoms with van der Waals surface area (Å²) in [7, 11) is 2.01. The number of benzene rings is 1. The van der Waals surface area contributed by atoms with Crippen LogP contribution in [0.4, 0.5) is 5.69 Å². The monoisotopic (exact) mass is 287 g/mol. The molecule has 0 saturated carbocycles. The second-order valence-electron chi connectivity index (χ2n) is 6.14. The fourth-order valence-corrected chi connectivity index (χ4v) is 3.50. The van der Waals surface area contributed by atoms with Gasteiger partial charge in [-0.3, -0.25) is 9.69 Å². The van der Waals surface area contributed by atoms with E-state index in [9.17, 15) is 4.79 Å². The number of nitrogens with one attached hydrogen (secondary N) is 1. The third-order valence-corrected chi connectivity index (χ3v) is 4.68. The number of hydrogen-bond donors (Lipinski definition) is 1. The van der Waals surface area contributed by atoms with Gasteiger partial charge in [-0.2, -0.15) is 0 Å². The Morgan fingerprint density at radius 3 is 3.00 bits per heavy atom. The first-order valence-electron chi connectivity index (χ1n) is 8.06. The van der Waals surface area contributed by atoms with Gasteiger partial charge in [0.15, 0.2) is 0 Å². The molecular formula is C17H25N3O. The standard InChI is InChI=1S/C17H25N3O/c1-18-15-8-5-10-19(12-15)13-17(21)20-11-4-7-14-6-2-3-9-16(14)20/h2-3,6,9,15,18H,4-5,7-8,10-13H2,1H3. The van der Waals surface area contributed by atoms with Crippen LogP contribution < -0.4 is 10.2 Å².